The lowest BCUT2D eigenvalue weighted by Gasteiger charge is -2.35. The Balaban J connectivity index is 1.50. The van der Waals surface area contributed by atoms with Gasteiger partial charge in [-0.3, -0.25) is 9.78 Å². The monoisotopic (exact) mass is 395 g/mol. The number of rotatable bonds is 2. The van der Waals surface area contributed by atoms with E-state index in [2.05, 4.69) is 29.4 Å². The van der Waals surface area contributed by atoms with Crippen LogP contribution < -0.4 is 10.1 Å². The highest BCUT2D eigenvalue weighted by molar-refractivity contribution is 6.31. The molecule has 0 spiro atoms. The Hall–Kier alpha value is -2.37. The van der Waals surface area contributed by atoms with Crippen LogP contribution in [0.4, 0.5) is 0 Å². The molecule has 3 heterocycles. The summed E-state index contributed by atoms with van der Waals surface area (Å²) in [5, 5.41) is 3.99. The average molecular weight is 396 g/mol. The Kier molecular flexibility index (Phi) is 4.37. The van der Waals surface area contributed by atoms with Gasteiger partial charge in [0.25, 0.3) is 5.91 Å². The smallest absolute Gasteiger partial charge is 0.264 e. The van der Waals surface area contributed by atoms with E-state index in [9.17, 15) is 4.79 Å². The number of aromatic nitrogens is 1. The summed E-state index contributed by atoms with van der Waals surface area (Å²) >= 11 is 6.44. The third kappa shape index (κ3) is 2.90. The van der Waals surface area contributed by atoms with Crippen LogP contribution >= 0.6 is 11.6 Å². The third-order valence-electron chi connectivity index (χ3n) is 5.81. The minimum Gasteiger partial charge on any atom is -0.479 e. The van der Waals surface area contributed by atoms with Crippen LogP contribution in [0.15, 0.2) is 30.5 Å². The lowest BCUT2D eigenvalue weighted by atomic mass is 9.97. The van der Waals surface area contributed by atoms with E-state index < -0.39 is 6.10 Å². The van der Waals surface area contributed by atoms with Gasteiger partial charge in [-0.05, 0) is 30.7 Å². The van der Waals surface area contributed by atoms with Crippen LogP contribution in [0.3, 0.4) is 0 Å². The Morgan fingerprint density at radius 2 is 2.25 bits per heavy atom. The summed E-state index contributed by atoms with van der Waals surface area (Å²) in [6.07, 6.45) is 6.96. The van der Waals surface area contributed by atoms with Crippen molar-refractivity contribution in [1.29, 1.82) is 0 Å². The average Bonchev–Trinajstić information content (AvgIpc) is 3.33. The molecule has 0 saturated carbocycles. The molecule has 6 heteroatoms. The molecule has 1 N–H and O–H groups in total. The number of hydrogen-bond donors (Lipinski definition) is 1. The van der Waals surface area contributed by atoms with Crippen LogP contribution in [0.25, 0.3) is 17.2 Å². The highest BCUT2D eigenvalue weighted by atomic mass is 35.5. The SMILES string of the molecule is C[C@@H]1CNCCN1C(=O)C1Cc2cc(Cl)cc(-c3ccnc4c3C=CC4)c2O1. The number of allylic oxidation sites excluding steroid dienone is 1. The topological polar surface area (TPSA) is 54.5 Å². The van der Waals surface area contributed by atoms with E-state index in [1.807, 2.05) is 29.3 Å². The van der Waals surface area contributed by atoms with Crippen LogP contribution in [-0.4, -0.2) is 47.6 Å². The molecule has 1 saturated heterocycles. The fourth-order valence-corrected chi connectivity index (χ4v) is 4.64. The van der Waals surface area contributed by atoms with Crippen LogP contribution in [0, 0.1) is 0 Å². The molecule has 1 fully saturated rings. The second-order valence-electron chi connectivity index (χ2n) is 7.66. The molecular weight excluding hydrogens is 374 g/mol. The van der Waals surface area contributed by atoms with E-state index in [1.54, 1.807) is 0 Å². The van der Waals surface area contributed by atoms with Crippen molar-refractivity contribution in [1.82, 2.24) is 15.2 Å². The van der Waals surface area contributed by atoms with Crippen molar-refractivity contribution in [3.05, 3.63) is 52.3 Å². The van der Waals surface area contributed by atoms with Crippen LogP contribution in [0.1, 0.15) is 23.7 Å². The van der Waals surface area contributed by atoms with E-state index in [0.29, 0.717) is 18.0 Å². The number of pyridine rings is 1. The standard InChI is InChI=1S/C22H22ClN3O2/c1-13-12-24-7-8-26(13)22(27)20-10-14-9-15(23)11-18(21(14)28-20)16-5-6-25-19-4-2-3-17(16)19/h2-3,5-6,9,11,13,20,24H,4,7-8,10,12H2,1H3/t13-,20?/m1/s1. The lowest BCUT2D eigenvalue weighted by Crippen LogP contribution is -2.55. The van der Waals surface area contributed by atoms with Gasteiger partial charge in [0.1, 0.15) is 5.75 Å². The number of carbonyl (C=O) groups excluding carboxylic acids is 1. The molecule has 1 aromatic carbocycles. The Labute approximate surface area is 169 Å². The number of hydrogen-bond acceptors (Lipinski definition) is 4. The highest BCUT2D eigenvalue weighted by Gasteiger charge is 2.36. The molecule has 1 aromatic heterocycles. The molecule has 5 rings (SSSR count). The van der Waals surface area contributed by atoms with Crippen molar-refractivity contribution in [3.63, 3.8) is 0 Å². The first-order valence-electron chi connectivity index (χ1n) is 9.77. The van der Waals surface area contributed by atoms with Gasteiger partial charge in [-0.15, -0.1) is 0 Å². The van der Waals surface area contributed by atoms with Crippen LogP contribution in [0.5, 0.6) is 5.75 Å². The van der Waals surface area contributed by atoms with E-state index in [-0.39, 0.29) is 11.9 Å². The molecule has 3 aliphatic rings. The second-order valence-corrected chi connectivity index (χ2v) is 8.10. The summed E-state index contributed by atoms with van der Waals surface area (Å²) in [4.78, 5) is 19.5. The molecule has 2 aliphatic heterocycles. The molecule has 1 aliphatic carbocycles. The number of ether oxygens (including phenoxy) is 1. The number of benzene rings is 1. The Morgan fingerprint density at radius 3 is 3.11 bits per heavy atom. The minimum absolute atomic E-state index is 0.0622. The number of nitrogens with zero attached hydrogens (tertiary/aromatic N) is 2. The molecule has 0 radical (unpaired) electrons. The fraction of sp³-hybridized carbons (Fsp3) is 0.364. The molecule has 2 aromatic rings. The fourth-order valence-electron chi connectivity index (χ4n) is 4.40. The molecule has 2 atom stereocenters. The maximum atomic E-state index is 13.1. The van der Waals surface area contributed by atoms with Crippen molar-refractivity contribution >= 4 is 23.6 Å². The van der Waals surface area contributed by atoms with Gasteiger partial charge >= 0.3 is 0 Å². The summed E-state index contributed by atoms with van der Waals surface area (Å²) in [7, 11) is 0. The summed E-state index contributed by atoms with van der Waals surface area (Å²) in [6, 6.07) is 6.02. The minimum atomic E-state index is -0.488. The summed E-state index contributed by atoms with van der Waals surface area (Å²) < 4.78 is 6.26. The predicted molar refractivity (Wildman–Crippen MR) is 110 cm³/mol. The highest BCUT2D eigenvalue weighted by Crippen LogP contribution is 2.43. The van der Waals surface area contributed by atoms with Gasteiger partial charge in [-0.25, -0.2) is 0 Å². The number of carbonyl (C=O) groups is 1. The maximum Gasteiger partial charge on any atom is 0.264 e. The van der Waals surface area contributed by atoms with Crippen molar-refractivity contribution in [2.75, 3.05) is 19.6 Å². The normalized spacial score (nSPS) is 22.7. The maximum absolute atomic E-state index is 13.1. The van der Waals surface area contributed by atoms with Crippen LogP contribution in [-0.2, 0) is 17.6 Å². The first-order chi connectivity index (χ1) is 13.6. The summed E-state index contributed by atoms with van der Waals surface area (Å²) in [6.45, 7) is 4.42. The van der Waals surface area contributed by atoms with Gasteiger partial charge in [-0.1, -0.05) is 23.8 Å². The Bertz CT molecular complexity index is 988. The molecule has 1 amide bonds. The number of nitrogens with one attached hydrogen (secondary N) is 1. The Morgan fingerprint density at radius 1 is 1.36 bits per heavy atom. The van der Waals surface area contributed by atoms with Gasteiger partial charge in [0.15, 0.2) is 6.10 Å². The van der Waals surface area contributed by atoms with Crippen molar-refractivity contribution in [3.8, 4) is 16.9 Å². The van der Waals surface area contributed by atoms with Crippen molar-refractivity contribution in [2.45, 2.75) is 31.9 Å². The van der Waals surface area contributed by atoms with Gasteiger partial charge in [0.05, 0.1) is 5.69 Å². The number of halogens is 1. The van der Waals surface area contributed by atoms with Gasteiger partial charge in [-0.2, -0.15) is 0 Å². The predicted octanol–water partition coefficient (Wildman–Crippen LogP) is 3.10. The van der Waals surface area contributed by atoms with E-state index in [0.717, 1.165) is 53.2 Å². The molecule has 5 nitrogen and oxygen atoms in total. The zero-order valence-corrected chi connectivity index (χ0v) is 16.5. The summed E-state index contributed by atoms with van der Waals surface area (Å²) in [5.74, 6) is 0.839. The number of piperazine rings is 1. The first-order valence-corrected chi connectivity index (χ1v) is 10.1. The zero-order chi connectivity index (χ0) is 19.3. The van der Waals surface area contributed by atoms with Gasteiger partial charge in [0, 0.05) is 66.4 Å². The van der Waals surface area contributed by atoms with Gasteiger partial charge in [0.2, 0.25) is 0 Å². The van der Waals surface area contributed by atoms with Crippen molar-refractivity contribution in [2.24, 2.45) is 0 Å². The molecule has 0 bridgehead atoms. The lowest BCUT2D eigenvalue weighted by molar-refractivity contribution is -0.140. The summed E-state index contributed by atoms with van der Waals surface area (Å²) in [5.41, 5.74) is 5.17. The van der Waals surface area contributed by atoms with E-state index in [1.165, 1.54) is 0 Å². The molecule has 1 unspecified atom stereocenters. The van der Waals surface area contributed by atoms with E-state index in [4.69, 9.17) is 16.3 Å². The zero-order valence-electron chi connectivity index (χ0n) is 15.7. The molecule has 28 heavy (non-hydrogen) atoms. The largest absolute Gasteiger partial charge is 0.479 e. The van der Waals surface area contributed by atoms with Crippen LogP contribution in [0.2, 0.25) is 5.02 Å². The number of amides is 1. The first kappa shape index (κ1) is 17.7. The quantitative estimate of drug-likeness (QED) is 0.849. The van der Waals surface area contributed by atoms with Gasteiger partial charge < -0.3 is 15.0 Å². The second kappa shape index (κ2) is 6.90. The third-order valence-corrected chi connectivity index (χ3v) is 6.03. The molecular formula is C22H22ClN3O2. The number of fused-ring (bicyclic) bond motifs is 2. The molecule has 144 valence electrons. The van der Waals surface area contributed by atoms with E-state index >= 15 is 0 Å². The van der Waals surface area contributed by atoms with Crippen molar-refractivity contribution < 1.29 is 9.53 Å².